The van der Waals surface area contributed by atoms with Gasteiger partial charge in [-0.25, -0.2) is 4.98 Å². The third-order valence-corrected chi connectivity index (χ3v) is 4.05. The molecular formula is C12H19N3OS. The molecule has 0 spiro atoms. The van der Waals surface area contributed by atoms with Crippen LogP contribution in [0.3, 0.4) is 0 Å². The normalized spacial score (nSPS) is 20.8. The van der Waals surface area contributed by atoms with E-state index in [1.807, 2.05) is 13.8 Å². The van der Waals surface area contributed by atoms with Crippen molar-refractivity contribution in [3.05, 3.63) is 17.8 Å². The van der Waals surface area contributed by atoms with E-state index in [0.29, 0.717) is 5.41 Å². The van der Waals surface area contributed by atoms with E-state index in [4.69, 9.17) is 4.42 Å². The first-order chi connectivity index (χ1) is 7.96. The molecule has 0 fully saturated rings. The maximum Gasteiger partial charge on any atom is 0.216 e. The number of rotatable bonds is 2. The number of thioether (sulfide) groups is 1. The van der Waals surface area contributed by atoms with E-state index in [0.717, 1.165) is 29.1 Å². The van der Waals surface area contributed by atoms with Crippen LogP contribution in [0.2, 0.25) is 0 Å². The fourth-order valence-electron chi connectivity index (χ4n) is 1.55. The van der Waals surface area contributed by atoms with Crippen LogP contribution in [0.1, 0.15) is 38.5 Å². The Kier molecular flexibility index (Phi) is 3.47. The molecule has 4 nitrogen and oxygen atoms in total. The number of aliphatic imine (C=N–C) groups is 1. The van der Waals surface area contributed by atoms with Crippen molar-refractivity contribution in [3.8, 4) is 0 Å². The number of oxazole rings is 1. The van der Waals surface area contributed by atoms with E-state index in [1.165, 1.54) is 0 Å². The summed E-state index contributed by atoms with van der Waals surface area (Å²) in [7, 11) is 0. The second kappa shape index (κ2) is 4.72. The van der Waals surface area contributed by atoms with Crippen LogP contribution in [0.25, 0.3) is 0 Å². The van der Waals surface area contributed by atoms with Crippen LogP contribution in [-0.4, -0.2) is 22.4 Å². The van der Waals surface area contributed by atoms with Crippen molar-refractivity contribution in [1.29, 1.82) is 0 Å². The minimum atomic E-state index is 0.0659. The number of nitrogens with one attached hydrogen (secondary N) is 1. The Morgan fingerprint density at radius 3 is 2.82 bits per heavy atom. The highest BCUT2D eigenvalue weighted by Crippen LogP contribution is 2.28. The van der Waals surface area contributed by atoms with E-state index in [2.05, 4.69) is 29.1 Å². The van der Waals surface area contributed by atoms with E-state index >= 15 is 0 Å². The van der Waals surface area contributed by atoms with E-state index < -0.39 is 0 Å². The molecule has 0 aliphatic carbocycles. The highest BCUT2D eigenvalue weighted by molar-refractivity contribution is 8.13. The molecule has 1 atom stereocenters. The zero-order valence-electron chi connectivity index (χ0n) is 10.8. The van der Waals surface area contributed by atoms with Gasteiger partial charge in [0, 0.05) is 12.3 Å². The molecule has 0 saturated heterocycles. The standard InChI is InChI=1S/C12H19N3OS/c1-8-5-13-10(16-8)9(2)15-11-14-6-12(3,4)7-17-11/h5,9H,6-7H2,1-4H3,(H,14,15). The van der Waals surface area contributed by atoms with Gasteiger partial charge in [-0.15, -0.1) is 0 Å². The van der Waals surface area contributed by atoms with Crippen LogP contribution in [0.4, 0.5) is 0 Å². The van der Waals surface area contributed by atoms with Gasteiger partial charge in [-0.05, 0) is 19.3 Å². The van der Waals surface area contributed by atoms with Gasteiger partial charge in [0.2, 0.25) is 5.89 Å². The summed E-state index contributed by atoms with van der Waals surface area (Å²) in [5, 5.41) is 4.34. The molecule has 5 heteroatoms. The van der Waals surface area contributed by atoms with Gasteiger partial charge in [0.1, 0.15) is 11.8 Å². The zero-order valence-corrected chi connectivity index (χ0v) is 11.6. The molecule has 1 aliphatic rings. The van der Waals surface area contributed by atoms with Crippen molar-refractivity contribution in [2.75, 3.05) is 12.3 Å². The first-order valence-electron chi connectivity index (χ1n) is 5.82. The monoisotopic (exact) mass is 253 g/mol. The molecule has 2 rings (SSSR count). The Bertz CT molecular complexity index is 425. The zero-order chi connectivity index (χ0) is 12.5. The summed E-state index contributed by atoms with van der Waals surface area (Å²) >= 11 is 1.77. The topological polar surface area (TPSA) is 50.4 Å². The molecule has 0 aromatic carbocycles. The molecular weight excluding hydrogens is 234 g/mol. The highest BCUT2D eigenvalue weighted by Gasteiger charge is 2.24. The Hall–Kier alpha value is -0.970. The molecule has 1 aliphatic heterocycles. The lowest BCUT2D eigenvalue weighted by Crippen LogP contribution is -2.32. The van der Waals surface area contributed by atoms with Gasteiger partial charge in [-0.2, -0.15) is 0 Å². The lowest BCUT2D eigenvalue weighted by Gasteiger charge is -2.28. The van der Waals surface area contributed by atoms with E-state index in [9.17, 15) is 0 Å². The second-order valence-electron chi connectivity index (χ2n) is 5.25. The molecule has 1 aromatic rings. The van der Waals surface area contributed by atoms with Crippen molar-refractivity contribution < 1.29 is 4.42 Å². The summed E-state index contributed by atoms with van der Waals surface area (Å²) in [6, 6.07) is 0.0659. The fraction of sp³-hybridized carbons (Fsp3) is 0.667. The smallest absolute Gasteiger partial charge is 0.216 e. The summed E-state index contributed by atoms with van der Waals surface area (Å²) in [6.07, 6.45) is 1.74. The van der Waals surface area contributed by atoms with Crippen LogP contribution >= 0.6 is 11.8 Å². The fourth-order valence-corrected chi connectivity index (χ4v) is 2.58. The molecule has 1 unspecified atom stereocenters. The van der Waals surface area contributed by atoms with Gasteiger partial charge in [-0.3, -0.25) is 4.99 Å². The first-order valence-corrected chi connectivity index (χ1v) is 6.81. The third-order valence-electron chi connectivity index (χ3n) is 2.60. The molecule has 0 radical (unpaired) electrons. The lowest BCUT2D eigenvalue weighted by molar-refractivity contribution is 0.423. The van der Waals surface area contributed by atoms with Gasteiger partial charge in [0.25, 0.3) is 0 Å². The van der Waals surface area contributed by atoms with Crippen molar-refractivity contribution in [1.82, 2.24) is 10.3 Å². The van der Waals surface area contributed by atoms with Crippen LogP contribution in [0, 0.1) is 12.3 Å². The SMILES string of the molecule is Cc1cnc(C(C)NC2=NCC(C)(C)CS2)o1. The molecule has 2 heterocycles. The first kappa shape index (κ1) is 12.5. The average molecular weight is 253 g/mol. The summed E-state index contributed by atoms with van der Waals surface area (Å²) < 4.78 is 5.49. The van der Waals surface area contributed by atoms with E-state index in [-0.39, 0.29) is 6.04 Å². The number of aryl methyl sites for hydroxylation is 1. The minimum Gasteiger partial charge on any atom is -0.444 e. The molecule has 94 valence electrons. The number of hydrogen-bond donors (Lipinski definition) is 1. The lowest BCUT2D eigenvalue weighted by atomic mass is 9.97. The Balaban J connectivity index is 1.96. The summed E-state index contributed by atoms with van der Waals surface area (Å²) in [4.78, 5) is 8.77. The largest absolute Gasteiger partial charge is 0.444 e. The highest BCUT2D eigenvalue weighted by atomic mass is 32.2. The molecule has 0 amide bonds. The predicted octanol–water partition coefficient (Wildman–Crippen LogP) is 2.76. The molecule has 17 heavy (non-hydrogen) atoms. The number of nitrogens with zero attached hydrogens (tertiary/aromatic N) is 2. The maximum absolute atomic E-state index is 5.49. The Labute approximate surface area is 106 Å². The quantitative estimate of drug-likeness (QED) is 0.880. The summed E-state index contributed by atoms with van der Waals surface area (Å²) in [6.45, 7) is 9.29. The maximum atomic E-state index is 5.49. The number of hydrogen-bond acceptors (Lipinski definition) is 5. The minimum absolute atomic E-state index is 0.0659. The Morgan fingerprint density at radius 2 is 2.29 bits per heavy atom. The summed E-state index contributed by atoms with van der Waals surface area (Å²) in [5.74, 6) is 2.65. The van der Waals surface area contributed by atoms with Gasteiger partial charge >= 0.3 is 0 Å². The van der Waals surface area contributed by atoms with Crippen molar-refractivity contribution in [2.45, 2.75) is 33.7 Å². The Morgan fingerprint density at radius 1 is 1.53 bits per heavy atom. The van der Waals surface area contributed by atoms with Crippen molar-refractivity contribution in [2.24, 2.45) is 10.4 Å². The average Bonchev–Trinajstić information content (AvgIpc) is 2.68. The molecule has 0 bridgehead atoms. The molecule has 1 aromatic heterocycles. The second-order valence-corrected chi connectivity index (χ2v) is 6.21. The molecule has 0 saturated carbocycles. The van der Waals surface area contributed by atoms with Crippen molar-refractivity contribution >= 4 is 16.9 Å². The van der Waals surface area contributed by atoms with Gasteiger partial charge < -0.3 is 9.73 Å². The molecule has 1 N–H and O–H groups in total. The van der Waals surface area contributed by atoms with Crippen LogP contribution < -0.4 is 5.32 Å². The van der Waals surface area contributed by atoms with Crippen LogP contribution in [0.15, 0.2) is 15.6 Å². The number of aromatic nitrogens is 1. The van der Waals surface area contributed by atoms with Crippen LogP contribution in [0.5, 0.6) is 0 Å². The van der Waals surface area contributed by atoms with Crippen LogP contribution in [-0.2, 0) is 0 Å². The van der Waals surface area contributed by atoms with E-state index in [1.54, 1.807) is 18.0 Å². The number of amidine groups is 1. The summed E-state index contributed by atoms with van der Waals surface area (Å²) in [5.41, 5.74) is 0.304. The predicted molar refractivity (Wildman–Crippen MR) is 71.3 cm³/mol. The van der Waals surface area contributed by atoms with Crippen molar-refractivity contribution in [3.63, 3.8) is 0 Å². The third kappa shape index (κ3) is 3.25. The van der Waals surface area contributed by atoms with Gasteiger partial charge in [-0.1, -0.05) is 25.6 Å². The van der Waals surface area contributed by atoms with Gasteiger partial charge in [0.05, 0.1) is 6.20 Å². The van der Waals surface area contributed by atoms with Gasteiger partial charge in [0.15, 0.2) is 5.17 Å².